The molecule has 0 radical (unpaired) electrons. The van der Waals surface area contributed by atoms with E-state index in [-0.39, 0.29) is 18.2 Å². The van der Waals surface area contributed by atoms with Crippen molar-refractivity contribution in [3.8, 4) is 11.3 Å². The summed E-state index contributed by atoms with van der Waals surface area (Å²) < 4.78 is 13.8. The fourth-order valence-electron chi connectivity index (χ4n) is 1.98. The molecule has 0 aliphatic heterocycles. The number of aryl methyl sites for hydroxylation is 1. The average molecular weight is 279 g/mol. The Bertz CT molecular complexity index is 609. The van der Waals surface area contributed by atoms with Gasteiger partial charge in [-0.2, -0.15) is 0 Å². The molecular formula is C14H14FNO2S. The number of thiazole rings is 1. The van der Waals surface area contributed by atoms with E-state index >= 15 is 0 Å². The van der Waals surface area contributed by atoms with Gasteiger partial charge in [-0.05, 0) is 19.1 Å². The maximum Gasteiger partial charge on any atom is 0.303 e. The van der Waals surface area contributed by atoms with E-state index in [4.69, 9.17) is 5.11 Å². The van der Waals surface area contributed by atoms with Gasteiger partial charge in [-0.15, -0.1) is 11.3 Å². The van der Waals surface area contributed by atoms with E-state index < -0.39 is 5.97 Å². The number of benzene rings is 1. The standard InChI is InChI=1S/C14H14FNO2S/c1-8(7-12(17)18)14-13(16-9(2)19-14)10-5-3-4-6-11(10)15/h3-6,8H,7H2,1-2H3,(H,17,18). The molecule has 100 valence electrons. The van der Waals surface area contributed by atoms with Gasteiger partial charge >= 0.3 is 5.97 Å². The van der Waals surface area contributed by atoms with Gasteiger partial charge in [0.2, 0.25) is 0 Å². The number of aromatic nitrogens is 1. The average Bonchev–Trinajstić information content (AvgIpc) is 2.71. The van der Waals surface area contributed by atoms with E-state index in [1.165, 1.54) is 17.4 Å². The number of halogens is 1. The number of aliphatic carboxylic acids is 1. The van der Waals surface area contributed by atoms with Crippen molar-refractivity contribution in [2.45, 2.75) is 26.2 Å². The van der Waals surface area contributed by atoms with Crippen molar-refractivity contribution in [1.29, 1.82) is 0 Å². The van der Waals surface area contributed by atoms with E-state index in [0.717, 1.165) is 9.88 Å². The van der Waals surface area contributed by atoms with Crippen LogP contribution in [0.2, 0.25) is 0 Å². The monoisotopic (exact) mass is 279 g/mol. The van der Waals surface area contributed by atoms with Crippen LogP contribution >= 0.6 is 11.3 Å². The Balaban J connectivity index is 2.47. The number of carboxylic acids is 1. The molecule has 0 aliphatic rings. The Morgan fingerprint density at radius 1 is 1.47 bits per heavy atom. The fraction of sp³-hybridized carbons (Fsp3) is 0.286. The second-order valence-corrected chi connectivity index (χ2v) is 5.66. The van der Waals surface area contributed by atoms with Crippen molar-refractivity contribution < 1.29 is 14.3 Å². The number of carboxylic acid groups (broad SMARTS) is 1. The number of rotatable bonds is 4. The molecule has 1 N–H and O–H groups in total. The van der Waals surface area contributed by atoms with Gasteiger partial charge in [0, 0.05) is 16.4 Å². The smallest absolute Gasteiger partial charge is 0.303 e. The van der Waals surface area contributed by atoms with E-state index in [0.29, 0.717) is 11.3 Å². The Labute approximate surface area is 114 Å². The number of nitrogens with zero attached hydrogens (tertiary/aromatic N) is 1. The molecule has 19 heavy (non-hydrogen) atoms. The zero-order valence-corrected chi connectivity index (χ0v) is 11.5. The number of carbonyl (C=O) groups is 1. The Hall–Kier alpha value is -1.75. The van der Waals surface area contributed by atoms with Gasteiger partial charge < -0.3 is 5.11 Å². The molecular weight excluding hydrogens is 265 g/mol. The first-order chi connectivity index (χ1) is 8.99. The van der Waals surface area contributed by atoms with Crippen molar-refractivity contribution in [2.75, 3.05) is 0 Å². The third-order valence-corrected chi connectivity index (χ3v) is 4.02. The van der Waals surface area contributed by atoms with Crippen LogP contribution in [0.25, 0.3) is 11.3 Å². The second kappa shape index (κ2) is 5.48. The summed E-state index contributed by atoms with van der Waals surface area (Å²) in [5.74, 6) is -1.38. The molecule has 0 spiro atoms. The van der Waals surface area contributed by atoms with Gasteiger partial charge in [-0.1, -0.05) is 19.1 Å². The van der Waals surface area contributed by atoms with Crippen molar-refractivity contribution >= 4 is 17.3 Å². The lowest BCUT2D eigenvalue weighted by Crippen LogP contribution is -2.02. The lowest BCUT2D eigenvalue weighted by Gasteiger charge is -2.09. The van der Waals surface area contributed by atoms with Gasteiger partial charge in [-0.25, -0.2) is 9.37 Å². The molecule has 1 aromatic heterocycles. The highest BCUT2D eigenvalue weighted by Gasteiger charge is 2.20. The number of hydrogen-bond acceptors (Lipinski definition) is 3. The minimum atomic E-state index is -0.863. The van der Waals surface area contributed by atoms with Crippen LogP contribution in [0.4, 0.5) is 4.39 Å². The molecule has 0 bridgehead atoms. The van der Waals surface area contributed by atoms with Crippen molar-refractivity contribution in [3.63, 3.8) is 0 Å². The largest absolute Gasteiger partial charge is 0.481 e. The molecule has 0 amide bonds. The predicted octanol–water partition coefficient (Wildman–Crippen LogP) is 3.84. The molecule has 5 heteroatoms. The number of hydrogen-bond donors (Lipinski definition) is 1. The maximum atomic E-state index is 13.8. The first-order valence-electron chi connectivity index (χ1n) is 5.93. The summed E-state index contributed by atoms with van der Waals surface area (Å²) in [6, 6.07) is 6.42. The minimum absolute atomic E-state index is 0.0170. The molecule has 0 saturated carbocycles. The van der Waals surface area contributed by atoms with E-state index in [2.05, 4.69) is 4.98 Å². The highest BCUT2D eigenvalue weighted by molar-refractivity contribution is 7.12. The quantitative estimate of drug-likeness (QED) is 0.925. The Morgan fingerprint density at radius 3 is 2.79 bits per heavy atom. The van der Waals surface area contributed by atoms with Crippen LogP contribution in [-0.2, 0) is 4.79 Å². The van der Waals surface area contributed by atoms with E-state index in [9.17, 15) is 9.18 Å². The van der Waals surface area contributed by atoms with Crippen LogP contribution < -0.4 is 0 Å². The van der Waals surface area contributed by atoms with Gasteiger partial charge in [-0.3, -0.25) is 4.79 Å². The molecule has 1 aromatic carbocycles. The molecule has 0 aliphatic carbocycles. The van der Waals surface area contributed by atoms with Crippen LogP contribution in [0, 0.1) is 12.7 Å². The molecule has 1 unspecified atom stereocenters. The molecule has 2 aromatic rings. The van der Waals surface area contributed by atoms with Gasteiger partial charge in [0.15, 0.2) is 0 Å². The van der Waals surface area contributed by atoms with E-state index in [1.54, 1.807) is 18.2 Å². The van der Waals surface area contributed by atoms with Crippen LogP contribution in [0.1, 0.15) is 29.1 Å². The first-order valence-corrected chi connectivity index (χ1v) is 6.74. The summed E-state index contributed by atoms with van der Waals surface area (Å²) in [7, 11) is 0. The Morgan fingerprint density at radius 2 is 2.16 bits per heavy atom. The Kier molecular flexibility index (Phi) is 3.95. The maximum absolute atomic E-state index is 13.8. The minimum Gasteiger partial charge on any atom is -0.481 e. The SMILES string of the molecule is Cc1nc(-c2ccccc2F)c(C(C)CC(=O)O)s1. The molecule has 1 heterocycles. The zero-order chi connectivity index (χ0) is 14.0. The first kappa shape index (κ1) is 13.7. The fourth-order valence-corrected chi connectivity index (χ4v) is 2.97. The summed E-state index contributed by atoms with van der Waals surface area (Å²) in [5, 5.41) is 9.69. The zero-order valence-electron chi connectivity index (χ0n) is 10.7. The van der Waals surface area contributed by atoms with Gasteiger partial charge in [0.1, 0.15) is 5.82 Å². The lowest BCUT2D eigenvalue weighted by atomic mass is 10.0. The third kappa shape index (κ3) is 2.98. The van der Waals surface area contributed by atoms with Crippen LogP contribution in [0.15, 0.2) is 24.3 Å². The van der Waals surface area contributed by atoms with Crippen molar-refractivity contribution in [1.82, 2.24) is 4.98 Å². The summed E-state index contributed by atoms with van der Waals surface area (Å²) >= 11 is 1.43. The van der Waals surface area contributed by atoms with Crippen molar-refractivity contribution in [2.24, 2.45) is 0 Å². The summed E-state index contributed by atoms with van der Waals surface area (Å²) in [6.07, 6.45) is 0.0170. The molecule has 3 nitrogen and oxygen atoms in total. The molecule has 0 fully saturated rings. The highest BCUT2D eigenvalue weighted by Crippen LogP contribution is 2.36. The highest BCUT2D eigenvalue weighted by atomic mass is 32.1. The molecule has 2 rings (SSSR count). The van der Waals surface area contributed by atoms with Crippen LogP contribution in [-0.4, -0.2) is 16.1 Å². The van der Waals surface area contributed by atoms with Crippen LogP contribution in [0.3, 0.4) is 0 Å². The van der Waals surface area contributed by atoms with Crippen molar-refractivity contribution in [3.05, 3.63) is 40.0 Å². The van der Waals surface area contributed by atoms with Crippen LogP contribution in [0.5, 0.6) is 0 Å². The van der Waals surface area contributed by atoms with E-state index in [1.807, 2.05) is 13.8 Å². The summed E-state index contributed by atoms with van der Waals surface area (Å²) in [4.78, 5) is 16.0. The lowest BCUT2D eigenvalue weighted by molar-refractivity contribution is -0.137. The molecule has 1 atom stereocenters. The van der Waals surface area contributed by atoms with Gasteiger partial charge in [0.05, 0.1) is 17.1 Å². The normalized spacial score (nSPS) is 12.4. The topological polar surface area (TPSA) is 50.2 Å². The second-order valence-electron chi connectivity index (χ2n) is 4.42. The third-order valence-electron chi connectivity index (χ3n) is 2.82. The molecule has 0 saturated heterocycles. The van der Waals surface area contributed by atoms with Gasteiger partial charge in [0.25, 0.3) is 0 Å². The summed E-state index contributed by atoms with van der Waals surface area (Å²) in [5.41, 5.74) is 0.994. The predicted molar refractivity (Wildman–Crippen MR) is 72.9 cm³/mol. The summed E-state index contributed by atoms with van der Waals surface area (Å²) in [6.45, 7) is 3.66.